The van der Waals surface area contributed by atoms with Gasteiger partial charge in [-0.25, -0.2) is 0 Å². The fraction of sp³-hybridized carbons (Fsp3) is 0.400. The van der Waals surface area contributed by atoms with Crippen LogP contribution in [0.4, 0.5) is 11.4 Å². The number of carbonyl (C=O) groups is 3. The van der Waals surface area contributed by atoms with Gasteiger partial charge < -0.3 is 24.4 Å². The van der Waals surface area contributed by atoms with Crippen molar-refractivity contribution < 1.29 is 28.6 Å². The van der Waals surface area contributed by atoms with Gasteiger partial charge in [-0.1, -0.05) is 32.0 Å². The second-order valence-corrected chi connectivity index (χ2v) is 8.05. The molecule has 33 heavy (non-hydrogen) atoms. The second kappa shape index (κ2) is 9.94. The molecule has 2 aromatic rings. The molecule has 2 aliphatic rings. The van der Waals surface area contributed by atoms with Crippen LogP contribution in [-0.2, 0) is 32.0 Å². The normalized spacial score (nSPS) is 17.1. The summed E-state index contributed by atoms with van der Waals surface area (Å²) in [6.45, 7) is 4.78. The highest BCUT2D eigenvalue weighted by atomic mass is 16.6. The van der Waals surface area contributed by atoms with Gasteiger partial charge in [-0.3, -0.25) is 14.4 Å². The monoisotopic (exact) mass is 452 g/mol. The highest BCUT2D eigenvalue weighted by Gasteiger charge is 2.37. The van der Waals surface area contributed by atoms with Crippen molar-refractivity contribution in [2.24, 2.45) is 5.92 Å². The smallest absolute Gasteiger partial charge is 0.311 e. The number of anilines is 2. The third-order valence-electron chi connectivity index (χ3n) is 5.90. The average molecular weight is 453 g/mol. The zero-order chi connectivity index (χ0) is 23.4. The van der Waals surface area contributed by atoms with Gasteiger partial charge in [0.2, 0.25) is 5.91 Å². The van der Waals surface area contributed by atoms with Crippen LogP contribution in [-0.4, -0.2) is 44.1 Å². The maximum atomic E-state index is 12.6. The predicted octanol–water partition coefficient (Wildman–Crippen LogP) is 3.12. The van der Waals surface area contributed by atoms with Gasteiger partial charge in [-0.05, 0) is 36.1 Å². The Labute approximate surface area is 192 Å². The first-order chi connectivity index (χ1) is 16.0. The molecule has 2 aromatic carbocycles. The van der Waals surface area contributed by atoms with Crippen LogP contribution in [0.5, 0.6) is 11.5 Å². The molecule has 2 heterocycles. The van der Waals surface area contributed by atoms with Crippen LogP contribution in [0, 0.1) is 5.92 Å². The Balaban J connectivity index is 1.34. The minimum absolute atomic E-state index is 0.0353. The summed E-state index contributed by atoms with van der Waals surface area (Å²) in [6.07, 6.45) is 1.60. The van der Waals surface area contributed by atoms with E-state index in [1.807, 2.05) is 32.0 Å². The fourth-order valence-electron chi connectivity index (χ4n) is 4.15. The van der Waals surface area contributed by atoms with Crippen molar-refractivity contribution in [1.82, 2.24) is 0 Å². The fourth-order valence-corrected chi connectivity index (χ4v) is 4.15. The van der Waals surface area contributed by atoms with Gasteiger partial charge in [-0.15, -0.1) is 0 Å². The number of esters is 1. The lowest BCUT2D eigenvalue weighted by molar-refractivity contribution is -0.151. The molecule has 0 aliphatic carbocycles. The topological polar surface area (TPSA) is 94.2 Å². The Kier molecular flexibility index (Phi) is 6.82. The molecule has 0 radical (unpaired) electrons. The van der Waals surface area contributed by atoms with Crippen molar-refractivity contribution in [2.45, 2.75) is 33.1 Å². The molecule has 8 heteroatoms. The molecule has 0 saturated carbocycles. The number of benzene rings is 2. The Morgan fingerprint density at radius 1 is 1.06 bits per heavy atom. The molecule has 1 atom stereocenters. The third-order valence-corrected chi connectivity index (χ3v) is 5.90. The summed E-state index contributed by atoms with van der Waals surface area (Å²) in [6, 6.07) is 11.2. The Morgan fingerprint density at radius 3 is 2.45 bits per heavy atom. The van der Waals surface area contributed by atoms with Crippen LogP contribution in [0.25, 0.3) is 0 Å². The standard InChI is InChI=1S/C25H28N2O6/c1-3-16-6-5-7-17(4-2)24(16)26-22(28)15-33-25(30)18-12-23(29)27(14-18)19-8-9-20-21(13-19)32-11-10-31-20/h5-9,13,18H,3-4,10-12,14-15H2,1-2H3,(H,26,28)/t18-/m0/s1. The third kappa shape index (κ3) is 4.94. The van der Waals surface area contributed by atoms with Crippen LogP contribution in [0.2, 0.25) is 0 Å². The van der Waals surface area contributed by atoms with Crippen molar-refractivity contribution in [3.8, 4) is 11.5 Å². The van der Waals surface area contributed by atoms with E-state index in [1.165, 1.54) is 4.90 Å². The first kappa shape index (κ1) is 22.6. The number of nitrogens with zero attached hydrogens (tertiary/aromatic N) is 1. The maximum absolute atomic E-state index is 12.6. The molecule has 0 bridgehead atoms. The first-order valence-electron chi connectivity index (χ1n) is 11.3. The number of hydrogen-bond acceptors (Lipinski definition) is 6. The number of carbonyl (C=O) groups excluding carboxylic acids is 3. The summed E-state index contributed by atoms with van der Waals surface area (Å²) in [4.78, 5) is 39.1. The van der Waals surface area contributed by atoms with Crippen LogP contribution in [0.1, 0.15) is 31.4 Å². The molecule has 0 unspecified atom stereocenters. The largest absolute Gasteiger partial charge is 0.486 e. The zero-order valence-electron chi connectivity index (χ0n) is 18.9. The lowest BCUT2D eigenvalue weighted by Gasteiger charge is -2.22. The van der Waals surface area contributed by atoms with Gasteiger partial charge in [0.15, 0.2) is 18.1 Å². The minimum Gasteiger partial charge on any atom is -0.486 e. The number of aryl methyl sites for hydroxylation is 2. The van der Waals surface area contributed by atoms with E-state index in [2.05, 4.69) is 5.32 Å². The SMILES string of the molecule is CCc1cccc(CC)c1NC(=O)COC(=O)[C@H]1CC(=O)N(c2ccc3c(c2)OCCO3)C1. The second-order valence-electron chi connectivity index (χ2n) is 8.05. The highest BCUT2D eigenvalue weighted by molar-refractivity contribution is 6.00. The van der Waals surface area contributed by atoms with Gasteiger partial charge >= 0.3 is 5.97 Å². The molecular formula is C25H28N2O6. The van der Waals surface area contributed by atoms with Gasteiger partial charge in [0.05, 0.1) is 5.92 Å². The van der Waals surface area contributed by atoms with Crippen LogP contribution in [0.15, 0.2) is 36.4 Å². The number of para-hydroxylation sites is 1. The number of amides is 2. The van der Waals surface area contributed by atoms with Gasteiger partial charge in [-0.2, -0.15) is 0 Å². The summed E-state index contributed by atoms with van der Waals surface area (Å²) in [7, 11) is 0. The van der Waals surface area contributed by atoms with Gasteiger partial charge in [0, 0.05) is 30.4 Å². The van der Waals surface area contributed by atoms with Crippen molar-refractivity contribution >= 4 is 29.2 Å². The minimum atomic E-state index is -0.632. The summed E-state index contributed by atoms with van der Waals surface area (Å²) in [5.41, 5.74) is 3.49. The van der Waals surface area contributed by atoms with Crippen molar-refractivity contribution in [3.63, 3.8) is 0 Å². The van der Waals surface area contributed by atoms with E-state index < -0.39 is 24.4 Å². The molecule has 1 saturated heterocycles. The van der Waals surface area contributed by atoms with Crippen LogP contribution >= 0.6 is 0 Å². The molecule has 2 amide bonds. The van der Waals surface area contributed by atoms with E-state index in [9.17, 15) is 14.4 Å². The predicted molar refractivity (Wildman–Crippen MR) is 123 cm³/mol. The number of rotatable bonds is 7. The number of hydrogen-bond donors (Lipinski definition) is 1. The molecule has 1 fully saturated rings. The molecule has 0 aromatic heterocycles. The Hall–Kier alpha value is -3.55. The molecular weight excluding hydrogens is 424 g/mol. The van der Waals surface area contributed by atoms with E-state index in [0.717, 1.165) is 29.7 Å². The van der Waals surface area contributed by atoms with E-state index >= 15 is 0 Å². The highest BCUT2D eigenvalue weighted by Crippen LogP contribution is 2.36. The van der Waals surface area contributed by atoms with E-state index in [4.69, 9.17) is 14.2 Å². The Morgan fingerprint density at radius 2 is 1.76 bits per heavy atom. The van der Waals surface area contributed by atoms with E-state index in [1.54, 1.807) is 18.2 Å². The van der Waals surface area contributed by atoms with Crippen molar-refractivity contribution in [3.05, 3.63) is 47.5 Å². The Bertz CT molecular complexity index is 1040. The molecule has 4 rings (SSSR count). The van der Waals surface area contributed by atoms with Gasteiger partial charge in [0.1, 0.15) is 13.2 Å². The van der Waals surface area contributed by atoms with Gasteiger partial charge in [0.25, 0.3) is 5.91 Å². The quantitative estimate of drug-likeness (QED) is 0.649. The lowest BCUT2D eigenvalue weighted by atomic mass is 10.0. The van der Waals surface area contributed by atoms with Crippen molar-refractivity contribution in [2.75, 3.05) is 36.6 Å². The summed E-state index contributed by atoms with van der Waals surface area (Å²) in [5.74, 6) is -0.553. The van der Waals surface area contributed by atoms with E-state index in [-0.39, 0.29) is 18.9 Å². The number of nitrogens with one attached hydrogen (secondary N) is 1. The molecule has 0 spiro atoms. The van der Waals surface area contributed by atoms with Crippen LogP contribution < -0.4 is 19.7 Å². The molecule has 174 valence electrons. The summed E-state index contributed by atoms with van der Waals surface area (Å²) < 4.78 is 16.3. The molecule has 8 nitrogen and oxygen atoms in total. The summed E-state index contributed by atoms with van der Waals surface area (Å²) >= 11 is 0. The zero-order valence-corrected chi connectivity index (χ0v) is 18.9. The molecule has 1 N–H and O–H groups in total. The first-order valence-corrected chi connectivity index (χ1v) is 11.3. The summed E-state index contributed by atoms with van der Waals surface area (Å²) in [5, 5.41) is 2.88. The number of ether oxygens (including phenoxy) is 3. The van der Waals surface area contributed by atoms with E-state index in [0.29, 0.717) is 30.4 Å². The number of fused-ring (bicyclic) bond motifs is 1. The lowest BCUT2D eigenvalue weighted by Crippen LogP contribution is -2.28. The maximum Gasteiger partial charge on any atom is 0.311 e. The molecule has 2 aliphatic heterocycles. The van der Waals surface area contributed by atoms with Crippen molar-refractivity contribution in [1.29, 1.82) is 0 Å². The van der Waals surface area contributed by atoms with Crippen LogP contribution in [0.3, 0.4) is 0 Å². The average Bonchev–Trinajstić information content (AvgIpc) is 3.24.